The molecule has 1 aliphatic heterocycles. The van der Waals surface area contributed by atoms with Gasteiger partial charge in [0.25, 0.3) is 0 Å². The largest absolute Gasteiger partial charge is 0.480 e. The van der Waals surface area contributed by atoms with Gasteiger partial charge in [0.1, 0.15) is 13.1 Å². The van der Waals surface area contributed by atoms with Crippen molar-refractivity contribution in [2.45, 2.75) is 32.2 Å². The van der Waals surface area contributed by atoms with Crippen molar-refractivity contribution in [1.82, 2.24) is 25.3 Å². The Kier molecular flexibility index (Phi) is 7.77. The highest BCUT2D eigenvalue weighted by Gasteiger charge is 2.28. The Labute approximate surface area is 230 Å². The molecular weight excluding hydrogens is 510 g/mol. The molecule has 3 amide bonds. The maximum atomic E-state index is 12.8. The van der Waals surface area contributed by atoms with E-state index < -0.39 is 24.3 Å². The first-order chi connectivity index (χ1) is 19.3. The Balaban J connectivity index is 1.48. The van der Waals surface area contributed by atoms with E-state index in [4.69, 9.17) is 10.2 Å². The van der Waals surface area contributed by atoms with E-state index in [0.29, 0.717) is 13.1 Å². The van der Waals surface area contributed by atoms with Crippen LogP contribution in [0.3, 0.4) is 0 Å². The summed E-state index contributed by atoms with van der Waals surface area (Å²) < 4.78 is 1.66. The fourth-order valence-electron chi connectivity index (χ4n) is 5.34. The van der Waals surface area contributed by atoms with Gasteiger partial charge in [-0.2, -0.15) is 5.10 Å². The predicted octanol–water partition coefficient (Wildman–Crippen LogP) is 2.90. The van der Waals surface area contributed by atoms with Crippen molar-refractivity contribution in [2.75, 3.05) is 26.2 Å². The molecule has 1 aromatic heterocycles. The van der Waals surface area contributed by atoms with Crippen LogP contribution in [0.1, 0.15) is 31.4 Å². The fraction of sp³-hybridized carbons (Fsp3) is 0.300. The Morgan fingerprint density at radius 1 is 0.900 bits per heavy atom. The number of nitrogens with one attached hydrogen (secondary N) is 2. The van der Waals surface area contributed by atoms with E-state index in [-0.39, 0.29) is 24.9 Å². The van der Waals surface area contributed by atoms with E-state index in [1.807, 2.05) is 29.2 Å². The maximum Gasteiger partial charge on any atom is 0.322 e. The molecule has 0 saturated carbocycles. The van der Waals surface area contributed by atoms with Gasteiger partial charge in [0, 0.05) is 31.3 Å². The van der Waals surface area contributed by atoms with Crippen molar-refractivity contribution in [3.63, 3.8) is 0 Å². The average Bonchev–Trinajstić information content (AvgIpc) is 3.33. The van der Waals surface area contributed by atoms with E-state index in [1.54, 1.807) is 11.6 Å². The minimum Gasteiger partial charge on any atom is -0.480 e. The van der Waals surface area contributed by atoms with Gasteiger partial charge < -0.3 is 20.6 Å². The van der Waals surface area contributed by atoms with Crippen LogP contribution in [-0.4, -0.2) is 69.7 Å². The number of hydrogen-bond acceptors (Lipinski definition) is 5. The minimum absolute atomic E-state index is 0.0646. The lowest BCUT2D eigenvalue weighted by atomic mass is 9.88. The molecule has 40 heavy (non-hydrogen) atoms. The molecule has 1 saturated heterocycles. The zero-order valence-corrected chi connectivity index (χ0v) is 22.2. The monoisotopic (exact) mass is 541 g/mol. The van der Waals surface area contributed by atoms with E-state index in [9.17, 15) is 19.2 Å². The summed E-state index contributed by atoms with van der Waals surface area (Å²) >= 11 is 0. The third-order valence-electron chi connectivity index (χ3n) is 7.37. The number of hydrogen-bond donors (Lipinski definition) is 3. The Bertz CT molecular complexity index is 1600. The summed E-state index contributed by atoms with van der Waals surface area (Å²) in [6, 6.07) is 20.5. The first kappa shape index (κ1) is 26.9. The Hall–Kier alpha value is -4.73. The number of carbonyl (C=O) groups is 4. The molecule has 0 unspecified atom stereocenters. The molecule has 0 radical (unpaired) electrons. The van der Waals surface area contributed by atoms with Gasteiger partial charge in [-0.1, -0.05) is 48.5 Å². The van der Waals surface area contributed by atoms with Crippen molar-refractivity contribution in [3.05, 3.63) is 66.4 Å². The van der Waals surface area contributed by atoms with Crippen LogP contribution in [0.4, 0.5) is 0 Å². The third-order valence-corrected chi connectivity index (χ3v) is 7.37. The zero-order valence-electron chi connectivity index (χ0n) is 22.2. The van der Waals surface area contributed by atoms with Crippen molar-refractivity contribution in [3.8, 4) is 11.1 Å². The van der Waals surface area contributed by atoms with E-state index in [2.05, 4.69) is 47.0 Å². The van der Waals surface area contributed by atoms with Crippen LogP contribution in [0.15, 0.2) is 60.7 Å². The number of rotatable bonds is 8. The molecule has 3 aromatic carbocycles. The molecule has 10 nitrogen and oxygen atoms in total. The minimum atomic E-state index is -1.16. The topological polar surface area (TPSA) is 134 Å². The van der Waals surface area contributed by atoms with Gasteiger partial charge >= 0.3 is 5.97 Å². The van der Waals surface area contributed by atoms with Crippen molar-refractivity contribution < 1.29 is 24.3 Å². The normalized spacial score (nSPS) is 13.9. The SMILES string of the molecule is CC(=O)N1CCC(c2nn(CC(=O)NCC(=O)NCC(=O)O)c3cccc(-c4ccc5ccccc5c4)c23)CC1. The number of fused-ring (bicyclic) bond motifs is 2. The highest BCUT2D eigenvalue weighted by atomic mass is 16.4. The molecule has 0 atom stereocenters. The molecule has 0 aliphatic carbocycles. The smallest absolute Gasteiger partial charge is 0.322 e. The lowest BCUT2D eigenvalue weighted by molar-refractivity contribution is -0.137. The van der Waals surface area contributed by atoms with Crippen LogP contribution in [-0.2, 0) is 25.7 Å². The average molecular weight is 542 g/mol. The number of aliphatic carboxylic acids is 1. The van der Waals surface area contributed by atoms with Crippen LogP contribution in [0.25, 0.3) is 32.8 Å². The first-order valence-electron chi connectivity index (χ1n) is 13.3. The zero-order chi connectivity index (χ0) is 28.2. The predicted molar refractivity (Wildman–Crippen MR) is 151 cm³/mol. The van der Waals surface area contributed by atoms with Crippen molar-refractivity contribution in [2.24, 2.45) is 0 Å². The summed E-state index contributed by atoms with van der Waals surface area (Å²) in [5.74, 6) is -1.98. The molecule has 206 valence electrons. The second-order valence-corrected chi connectivity index (χ2v) is 10.0. The van der Waals surface area contributed by atoms with E-state index in [1.165, 1.54) is 0 Å². The lowest BCUT2D eigenvalue weighted by Gasteiger charge is -2.30. The molecular formula is C30H31N5O5. The highest BCUT2D eigenvalue weighted by Crippen LogP contribution is 2.38. The van der Waals surface area contributed by atoms with Gasteiger partial charge in [-0.25, -0.2) is 0 Å². The van der Waals surface area contributed by atoms with Crippen LogP contribution in [0.2, 0.25) is 0 Å². The van der Waals surface area contributed by atoms with Crippen molar-refractivity contribution in [1.29, 1.82) is 0 Å². The van der Waals surface area contributed by atoms with Gasteiger partial charge in [0.2, 0.25) is 17.7 Å². The molecule has 0 spiro atoms. The number of nitrogens with zero attached hydrogens (tertiary/aromatic N) is 3. The summed E-state index contributed by atoms with van der Waals surface area (Å²) in [5, 5.41) is 21.7. The number of likely N-dealkylation sites (tertiary alicyclic amines) is 1. The molecule has 5 rings (SSSR count). The summed E-state index contributed by atoms with van der Waals surface area (Å²) in [7, 11) is 0. The Morgan fingerprint density at radius 3 is 2.35 bits per heavy atom. The number of amides is 3. The Morgan fingerprint density at radius 2 is 1.62 bits per heavy atom. The van der Waals surface area contributed by atoms with Gasteiger partial charge in [0.05, 0.1) is 17.8 Å². The number of aromatic nitrogens is 2. The summed E-state index contributed by atoms with van der Waals surface area (Å²) in [6.07, 6.45) is 1.54. The van der Waals surface area contributed by atoms with Crippen molar-refractivity contribution >= 4 is 45.4 Å². The number of benzene rings is 3. The molecule has 2 heterocycles. The molecule has 10 heteroatoms. The maximum absolute atomic E-state index is 12.8. The summed E-state index contributed by atoms with van der Waals surface area (Å²) in [4.78, 5) is 49.1. The summed E-state index contributed by atoms with van der Waals surface area (Å²) in [6.45, 7) is 1.95. The quantitative estimate of drug-likeness (QED) is 0.314. The number of carbonyl (C=O) groups excluding carboxylic acids is 3. The third kappa shape index (κ3) is 5.80. The van der Waals surface area contributed by atoms with Gasteiger partial charge in [-0.15, -0.1) is 0 Å². The van der Waals surface area contributed by atoms with Crippen LogP contribution in [0.5, 0.6) is 0 Å². The van der Waals surface area contributed by atoms with Gasteiger partial charge in [-0.05, 0) is 46.9 Å². The standard InChI is InChI=1S/C30H31N5O5/c1-19(36)34-13-11-21(12-14-34)30-29-24(23-10-9-20-5-2-3-6-22(20)15-23)7-4-8-25(29)35(33-30)18-27(38)31-16-26(37)32-17-28(39)40/h2-10,15,21H,11-14,16-18H2,1H3,(H,31,38)(H,32,37)(H,39,40). The van der Waals surface area contributed by atoms with Gasteiger partial charge in [-0.3, -0.25) is 23.9 Å². The summed E-state index contributed by atoms with van der Waals surface area (Å²) in [5.41, 5.74) is 3.77. The van der Waals surface area contributed by atoms with Gasteiger partial charge in [0.15, 0.2) is 0 Å². The second-order valence-electron chi connectivity index (χ2n) is 10.0. The van der Waals surface area contributed by atoms with E-state index >= 15 is 0 Å². The van der Waals surface area contributed by atoms with E-state index in [0.717, 1.165) is 51.3 Å². The number of carboxylic acid groups (broad SMARTS) is 1. The number of piperidine rings is 1. The second kappa shape index (κ2) is 11.6. The number of carboxylic acids is 1. The molecule has 1 aliphatic rings. The van der Waals surface area contributed by atoms with Crippen LogP contribution < -0.4 is 10.6 Å². The van der Waals surface area contributed by atoms with Crippen LogP contribution >= 0.6 is 0 Å². The highest BCUT2D eigenvalue weighted by molar-refractivity contribution is 6.00. The molecule has 4 aromatic rings. The van der Waals surface area contributed by atoms with Crippen LogP contribution in [0, 0.1) is 0 Å². The first-order valence-corrected chi connectivity index (χ1v) is 13.3. The molecule has 1 fully saturated rings. The molecule has 3 N–H and O–H groups in total. The fourth-order valence-corrected chi connectivity index (χ4v) is 5.34. The molecule has 0 bridgehead atoms. The lowest BCUT2D eigenvalue weighted by Crippen LogP contribution is -2.40.